The third kappa shape index (κ3) is 3.30. The minimum Gasteiger partial charge on any atom is -0.478 e. The van der Waals surface area contributed by atoms with Crippen molar-refractivity contribution in [1.29, 1.82) is 0 Å². The number of amides is 1. The number of aromatic nitrogens is 2. The van der Waals surface area contributed by atoms with Crippen molar-refractivity contribution in [2.75, 3.05) is 11.4 Å². The maximum Gasteiger partial charge on any atom is 0.337 e. The zero-order chi connectivity index (χ0) is 19.0. The number of carboxylic acids is 1. The number of hydrogen-bond donors (Lipinski definition) is 2. The molecule has 1 aliphatic rings. The van der Waals surface area contributed by atoms with Crippen LogP contribution in [0.5, 0.6) is 0 Å². The fourth-order valence-corrected chi connectivity index (χ4v) is 3.62. The van der Waals surface area contributed by atoms with Crippen LogP contribution in [-0.4, -0.2) is 33.5 Å². The minimum atomic E-state index is -0.989. The quantitative estimate of drug-likeness (QED) is 0.732. The molecule has 1 aromatic heterocycles. The van der Waals surface area contributed by atoms with Gasteiger partial charge in [0.15, 0.2) is 0 Å². The predicted molar refractivity (Wildman–Crippen MR) is 104 cm³/mol. The molecule has 3 aromatic rings. The predicted octanol–water partition coefficient (Wildman–Crippen LogP) is 4.14. The summed E-state index contributed by atoms with van der Waals surface area (Å²) < 4.78 is 0. The van der Waals surface area contributed by atoms with E-state index in [2.05, 4.69) is 9.97 Å². The van der Waals surface area contributed by atoms with E-state index in [-0.39, 0.29) is 11.5 Å². The van der Waals surface area contributed by atoms with Crippen molar-refractivity contribution in [3.8, 4) is 11.4 Å². The molecule has 2 N–H and O–H groups in total. The summed E-state index contributed by atoms with van der Waals surface area (Å²) in [4.78, 5) is 33.3. The van der Waals surface area contributed by atoms with Crippen molar-refractivity contribution in [2.24, 2.45) is 0 Å². The SMILES string of the molecule is Cc1cc(C(=O)O)c2nc(-c3ccc(N4CCCCCC4=O)cc3)[nH]c2c1. The highest BCUT2D eigenvalue weighted by Gasteiger charge is 2.19. The van der Waals surface area contributed by atoms with Crippen LogP contribution in [0.3, 0.4) is 0 Å². The van der Waals surface area contributed by atoms with Crippen molar-refractivity contribution < 1.29 is 14.7 Å². The first-order valence-corrected chi connectivity index (χ1v) is 9.17. The van der Waals surface area contributed by atoms with E-state index < -0.39 is 5.97 Å². The summed E-state index contributed by atoms with van der Waals surface area (Å²) in [6.07, 6.45) is 3.67. The number of fused-ring (bicyclic) bond motifs is 1. The number of nitrogens with zero attached hydrogens (tertiary/aromatic N) is 2. The molecule has 1 saturated heterocycles. The number of carbonyl (C=O) groups is 2. The lowest BCUT2D eigenvalue weighted by Gasteiger charge is -2.20. The van der Waals surface area contributed by atoms with Crippen LogP contribution in [0.4, 0.5) is 5.69 Å². The molecule has 0 aliphatic carbocycles. The van der Waals surface area contributed by atoms with Crippen LogP contribution >= 0.6 is 0 Å². The highest BCUT2D eigenvalue weighted by Crippen LogP contribution is 2.27. The summed E-state index contributed by atoms with van der Waals surface area (Å²) in [6, 6.07) is 11.2. The topological polar surface area (TPSA) is 86.3 Å². The number of H-pyrrole nitrogens is 1. The standard InChI is InChI=1S/C21H21N3O3/c1-13-11-16(21(26)27)19-17(12-13)22-20(23-19)14-6-8-15(9-7-14)24-10-4-2-3-5-18(24)25/h6-9,11-12H,2-5,10H2,1H3,(H,22,23)(H,26,27). The lowest BCUT2D eigenvalue weighted by atomic mass is 10.1. The summed E-state index contributed by atoms with van der Waals surface area (Å²) >= 11 is 0. The van der Waals surface area contributed by atoms with Crippen LogP contribution in [0, 0.1) is 6.92 Å². The van der Waals surface area contributed by atoms with Gasteiger partial charge in [-0.05, 0) is 61.7 Å². The Balaban J connectivity index is 1.69. The second kappa shape index (κ2) is 6.87. The van der Waals surface area contributed by atoms with Crippen molar-refractivity contribution in [2.45, 2.75) is 32.6 Å². The van der Waals surface area contributed by atoms with E-state index in [9.17, 15) is 14.7 Å². The van der Waals surface area contributed by atoms with Crippen LogP contribution in [-0.2, 0) is 4.79 Å². The van der Waals surface area contributed by atoms with E-state index in [0.29, 0.717) is 23.3 Å². The van der Waals surface area contributed by atoms with E-state index in [1.807, 2.05) is 42.2 Å². The van der Waals surface area contributed by atoms with Gasteiger partial charge in [0.05, 0.1) is 11.1 Å². The van der Waals surface area contributed by atoms with Crippen LogP contribution in [0.2, 0.25) is 0 Å². The molecule has 0 unspecified atom stereocenters. The molecule has 0 radical (unpaired) electrons. The molecule has 0 saturated carbocycles. The smallest absolute Gasteiger partial charge is 0.337 e. The first-order chi connectivity index (χ1) is 13.0. The molecule has 27 heavy (non-hydrogen) atoms. The Kier molecular flexibility index (Phi) is 4.39. The number of hydrogen-bond acceptors (Lipinski definition) is 3. The van der Waals surface area contributed by atoms with Gasteiger partial charge >= 0.3 is 5.97 Å². The van der Waals surface area contributed by atoms with Crippen LogP contribution in [0.1, 0.15) is 41.6 Å². The largest absolute Gasteiger partial charge is 0.478 e. The zero-order valence-electron chi connectivity index (χ0n) is 15.2. The Morgan fingerprint density at radius 2 is 1.93 bits per heavy atom. The first kappa shape index (κ1) is 17.3. The molecular formula is C21H21N3O3. The summed E-state index contributed by atoms with van der Waals surface area (Å²) in [5.74, 6) is -0.200. The van der Waals surface area contributed by atoms with Gasteiger partial charge < -0.3 is 15.0 Å². The number of aromatic carboxylic acids is 1. The number of imidazole rings is 1. The van der Waals surface area contributed by atoms with Crippen LogP contribution in [0.25, 0.3) is 22.4 Å². The molecule has 138 valence electrons. The number of carboxylic acid groups (broad SMARTS) is 1. The lowest BCUT2D eigenvalue weighted by Crippen LogP contribution is -2.29. The van der Waals surface area contributed by atoms with Gasteiger partial charge in [0.25, 0.3) is 0 Å². The summed E-state index contributed by atoms with van der Waals surface area (Å²) in [7, 11) is 0. The molecule has 0 atom stereocenters. The molecule has 1 amide bonds. The first-order valence-electron chi connectivity index (χ1n) is 9.17. The van der Waals surface area contributed by atoms with Crippen molar-refractivity contribution in [1.82, 2.24) is 9.97 Å². The summed E-state index contributed by atoms with van der Waals surface area (Å²) in [5, 5.41) is 9.42. The highest BCUT2D eigenvalue weighted by atomic mass is 16.4. The molecule has 6 nitrogen and oxygen atoms in total. The molecule has 2 aromatic carbocycles. The lowest BCUT2D eigenvalue weighted by molar-refractivity contribution is -0.118. The Labute approximate surface area is 156 Å². The van der Waals surface area contributed by atoms with E-state index >= 15 is 0 Å². The van der Waals surface area contributed by atoms with E-state index in [1.165, 1.54) is 0 Å². The van der Waals surface area contributed by atoms with E-state index in [1.54, 1.807) is 6.07 Å². The van der Waals surface area contributed by atoms with Crippen molar-refractivity contribution in [3.05, 3.63) is 47.5 Å². The molecule has 1 fully saturated rings. The number of anilines is 1. The molecule has 0 bridgehead atoms. The number of carbonyl (C=O) groups excluding carboxylic acids is 1. The minimum absolute atomic E-state index is 0.172. The van der Waals surface area contributed by atoms with Gasteiger partial charge in [-0.3, -0.25) is 4.79 Å². The van der Waals surface area contributed by atoms with Gasteiger partial charge in [0, 0.05) is 24.2 Å². The Bertz CT molecular complexity index is 1020. The van der Waals surface area contributed by atoms with Crippen molar-refractivity contribution in [3.63, 3.8) is 0 Å². The number of aromatic amines is 1. The molecule has 6 heteroatoms. The Hall–Kier alpha value is -3.15. The average Bonchev–Trinajstić information content (AvgIpc) is 2.95. The highest BCUT2D eigenvalue weighted by molar-refractivity contribution is 6.02. The fourth-order valence-electron chi connectivity index (χ4n) is 3.62. The number of nitrogens with one attached hydrogen (secondary N) is 1. The van der Waals surface area contributed by atoms with Crippen LogP contribution in [0.15, 0.2) is 36.4 Å². The number of aryl methyl sites for hydroxylation is 1. The van der Waals surface area contributed by atoms with Crippen molar-refractivity contribution >= 4 is 28.6 Å². The van der Waals surface area contributed by atoms with Crippen LogP contribution < -0.4 is 4.90 Å². The Morgan fingerprint density at radius 3 is 2.67 bits per heavy atom. The third-order valence-electron chi connectivity index (χ3n) is 4.99. The average molecular weight is 363 g/mol. The molecular weight excluding hydrogens is 342 g/mol. The third-order valence-corrected chi connectivity index (χ3v) is 4.99. The van der Waals surface area contributed by atoms with Gasteiger partial charge in [0.1, 0.15) is 11.3 Å². The summed E-state index contributed by atoms with van der Waals surface area (Å²) in [5.41, 5.74) is 3.96. The Morgan fingerprint density at radius 1 is 1.15 bits per heavy atom. The summed E-state index contributed by atoms with van der Waals surface area (Å²) in [6.45, 7) is 2.61. The maximum absolute atomic E-state index is 12.3. The molecule has 1 aliphatic heterocycles. The molecule has 0 spiro atoms. The maximum atomic E-state index is 12.3. The zero-order valence-corrected chi connectivity index (χ0v) is 15.2. The number of rotatable bonds is 3. The van der Waals surface area contributed by atoms with Gasteiger partial charge in [-0.25, -0.2) is 9.78 Å². The normalized spacial score (nSPS) is 15.1. The van der Waals surface area contributed by atoms with Gasteiger partial charge in [0.2, 0.25) is 5.91 Å². The van der Waals surface area contributed by atoms with Gasteiger partial charge in [-0.1, -0.05) is 6.42 Å². The van der Waals surface area contributed by atoms with E-state index in [4.69, 9.17) is 0 Å². The molecule has 2 heterocycles. The number of benzene rings is 2. The second-order valence-electron chi connectivity index (χ2n) is 7.00. The fraction of sp³-hybridized carbons (Fsp3) is 0.286. The van der Waals surface area contributed by atoms with E-state index in [0.717, 1.165) is 42.6 Å². The monoisotopic (exact) mass is 363 g/mol. The molecule has 4 rings (SSSR count). The van der Waals surface area contributed by atoms with Gasteiger partial charge in [-0.2, -0.15) is 0 Å². The second-order valence-corrected chi connectivity index (χ2v) is 7.00. The van der Waals surface area contributed by atoms with Gasteiger partial charge in [-0.15, -0.1) is 0 Å².